The lowest BCUT2D eigenvalue weighted by molar-refractivity contribution is -0.139. The molecule has 0 aliphatic carbocycles. The summed E-state index contributed by atoms with van der Waals surface area (Å²) in [5.74, 6) is -1.94. The van der Waals surface area contributed by atoms with Crippen molar-refractivity contribution in [3.05, 3.63) is 0 Å². The Balaban J connectivity index is 2.56. The Morgan fingerprint density at radius 2 is 2.13 bits per heavy atom. The van der Waals surface area contributed by atoms with Gasteiger partial charge in [-0.1, -0.05) is 0 Å². The van der Waals surface area contributed by atoms with Gasteiger partial charge in [-0.05, 0) is 19.9 Å². The van der Waals surface area contributed by atoms with Crippen LogP contribution in [0.4, 0.5) is 0 Å². The molecule has 2 amide bonds. The van der Waals surface area contributed by atoms with Crippen molar-refractivity contribution in [1.29, 1.82) is 5.26 Å². The van der Waals surface area contributed by atoms with Gasteiger partial charge in [0.1, 0.15) is 0 Å². The van der Waals surface area contributed by atoms with E-state index in [2.05, 4.69) is 11.4 Å². The van der Waals surface area contributed by atoms with Crippen molar-refractivity contribution >= 4 is 17.8 Å². The lowest BCUT2D eigenvalue weighted by atomic mass is 9.98. The second-order valence-electron chi connectivity index (χ2n) is 5.67. The molecule has 0 aromatic rings. The fraction of sp³-hybridized carbons (Fsp3) is 0.714. The van der Waals surface area contributed by atoms with E-state index in [0.29, 0.717) is 19.4 Å². The van der Waals surface area contributed by atoms with Gasteiger partial charge >= 0.3 is 5.97 Å². The predicted molar refractivity (Wildman–Crippen MR) is 81.1 cm³/mol. The third kappa shape index (κ3) is 6.63. The average molecular weight is 325 g/mol. The van der Waals surface area contributed by atoms with E-state index in [1.807, 2.05) is 11.9 Å². The highest BCUT2D eigenvalue weighted by Crippen LogP contribution is 2.19. The van der Waals surface area contributed by atoms with E-state index < -0.39 is 11.9 Å². The van der Waals surface area contributed by atoms with Crippen molar-refractivity contribution < 1.29 is 19.5 Å². The number of carboxylic acid groups (broad SMARTS) is 1. The molecule has 9 nitrogen and oxygen atoms in total. The smallest absolute Gasteiger partial charge is 0.317 e. The Labute approximate surface area is 135 Å². The second kappa shape index (κ2) is 9.07. The number of likely N-dealkylation sites (N-methyl/N-ethyl adjacent to an activating group) is 1. The third-order valence-corrected chi connectivity index (χ3v) is 3.89. The number of carbonyl (C=O) groups excluding carboxylic acids is 2. The molecular formula is C14H23N5O4. The van der Waals surface area contributed by atoms with E-state index in [1.165, 1.54) is 0 Å². The van der Waals surface area contributed by atoms with Gasteiger partial charge in [0.25, 0.3) is 0 Å². The van der Waals surface area contributed by atoms with Crippen molar-refractivity contribution in [2.45, 2.75) is 31.3 Å². The van der Waals surface area contributed by atoms with Crippen LogP contribution in [0.25, 0.3) is 0 Å². The van der Waals surface area contributed by atoms with E-state index in [0.717, 1.165) is 0 Å². The highest BCUT2D eigenvalue weighted by atomic mass is 16.4. The summed E-state index contributed by atoms with van der Waals surface area (Å²) < 4.78 is 0. The molecule has 0 unspecified atom stereocenters. The number of piperidine rings is 1. The Bertz CT molecular complexity index is 490. The van der Waals surface area contributed by atoms with Gasteiger partial charge in [-0.3, -0.25) is 24.2 Å². The molecule has 9 heteroatoms. The van der Waals surface area contributed by atoms with Gasteiger partial charge in [-0.2, -0.15) is 5.26 Å². The van der Waals surface area contributed by atoms with Gasteiger partial charge in [0.2, 0.25) is 11.8 Å². The Hall–Kier alpha value is -2.18. The summed E-state index contributed by atoms with van der Waals surface area (Å²) in [6.07, 6.45) is 1.46. The zero-order chi connectivity index (χ0) is 17.4. The molecule has 1 aliphatic heterocycles. The molecule has 0 bridgehead atoms. The zero-order valence-electron chi connectivity index (χ0n) is 13.2. The Morgan fingerprint density at radius 1 is 1.43 bits per heavy atom. The minimum absolute atomic E-state index is 0.0235. The number of hydrogen-bond donors (Lipinski definition) is 3. The van der Waals surface area contributed by atoms with Gasteiger partial charge in [-0.15, -0.1) is 0 Å². The Morgan fingerprint density at radius 3 is 2.65 bits per heavy atom. The van der Waals surface area contributed by atoms with Crippen LogP contribution in [-0.4, -0.2) is 78.0 Å². The highest BCUT2D eigenvalue weighted by Gasteiger charge is 2.30. The normalized spacial score (nSPS) is 21.6. The van der Waals surface area contributed by atoms with Gasteiger partial charge in [0.15, 0.2) is 0 Å². The summed E-state index contributed by atoms with van der Waals surface area (Å²) in [5, 5.41) is 20.4. The highest BCUT2D eigenvalue weighted by molar-refractivity contribution is 5.83. The summed E-state index contributed by atoms with van der Waals surface area (Å²) in [6, 6.07) is 2.04. The molecule has 1 fully saturated rings. The van der Waals surface area contributed by atoms with Crippen LogP contribution in [0, 0.1) is 11.3 Å². The first-order chi connectivity index (χ1) is 10.8. The number of amides is 2. The molecule has 0 aromatic carbocycles. The van der Waals surface area contributed by atoms with Gasteiger partial charge in [0.05, 0.1) is 25.2 Å². The van der Waals surface area contributed by atoms with Crippen molar-refractivity contribution in [1.82, 2.24) is 15.1 Å². The standard InChI is InChI=1S/C14H23N5O4/c1-18-8-11(3-2-10(18)6-15)19(9-14(22)23)5-4-13(21)17-7-12(16)20/h10-11H,2-5,7-9H2,1H3,(H2,16,20)(H,17,21)(H,22,23)/t10-,11+/m0/s1. The summed E-state index contributed by atoms with van der Waals surface area (Å²) >= 11 is 0. The molecular weight excluding hydrogens is 302 g/mol. The second-order valence-corrected chi connectivity index (χ2v) is 5.67. The number of nitrogens with zero attached hydrogens (tertiary/aromatic N) is 3. The maximum atomic E-state index is 11.6. The maximum Gasteiger partial charge on any atom is 0.317 e. The van der Waals surface area contributed by atoms with Crippen LogP contribution in [0.1, 0.15) is 19.3 Å². The maximum absolute atomic E-state index is 11.6. The minimum atomic E-state index is -0.965. The van der Waals surface area contributed by atoms with Crippen LogP contribution >= 0.6 is 0 Å². The van der Waals surface area contributed by atoms with Crippen LogP contribution in [-0.2, 0) is 14.4 Å². The van der Waals surface area contributed by atoms with Crippen LogP contribution < -0.4 is 11.1 Å². The first kappa shape index (κ1) is 18.9. The molecule has 23 heavy (non-hydrogen) atoms. The van der Waals surface area contributed by atoms with Crippen LogP contribution in [0.15, 0.2) is 0 Å². The molecule has 1 saturated heterocycles. The molecule has 0 saturated carbocycles. The number of hydrogen-bond acceptors (Lipinski definition) is 6. The fourth-order valence-electron chi connectivity index (χ4n) is 2.67. The topological polar surface area (TPSA) is 140 Å². The summed E-state index contributed by atoms with van der Waals surface area (Å²) in [6.45, 7) is 0.452. The zero-order valence-corrected chi connectivity index (χ0v) is 13.2. The average Bonchev–Trinajstić information content (AvgIpc) is 2.48. The molecule has 128 valence electrons. The number of primary amides is 1. The van der Waals surface area contributed by atoms with Crippen molar-refractivity contribution in [2.75, 3.05) is 33.2 Å². The van der Waals surface area contributed by atoms with Gasteiger partial charge in [-0.25, -0.2) is 0 Å². The number of nitriles is 1. The van der Waals surface area contributed by atoms with Crippen molar-refractivity contribution in [3.8, 4) is 6.07 Å². The third-order valence-electron chi connectivity index (χ3n) is 3.89. The molecule has 1 rings (SSSR count). The molecule has 0 aromatic heterocycles. The monoisotopic (exact) mass is 325 g/mol. The van der Waals surface area contributed by atoms with Gasteiger partial charge < -0.3 is 16.2 Å². The number of carbonyl (C=O) groups is 3. The largest absolute Gasteiger partial charge is 0.480 e. The predicted octanol–water partition coefficient (Wildman–Crippen LogP) is -1.65. The lowest BCUT2D eigenvalue weighted by Crippen LogP contribution is -2.52. The SMILES string of the molecule is CN1C[C@H](N(CCC(=O)NCC(N)=O)CC(=O)O)CC[C@H]1C#N. The van der Waals surface area contributed by atoms with Crippen molar-refractivity contribution in [3.63, 3.8) is 0 Å². The first-order valence-corrected chi connectivity index (χ1v) is 7.44. The van der Waals surface area contributed by atoms with Gasteiger partial charge in [0, 0.05) is 25.6 Å². The summed E-state index contributed by atoms with van der Waals surface area (Å²) in [7, 11) is 1.83. The summed E-state index contributed by atoms with van der Waals surface area (Å²) in [5.41, 5.74) is 4.95. The molecule has 0 spiro atoms. The van der Waals surface area contributed by atoms with Crippen LogP contribution in [0.2, 0.25) is 0 Å². The van der Waals surface area contributed by atoms with Crippen LogP contribution in [0.3, 0.4) is 0 Å². The molecule has 1 heterocycles. The van der Waals surface area contributed by atoms with E-state index in [1.54, 1.807) is 4.90 Å². The molecule has 4 N–H and O–H groups in total. The first-order valence-electron chi connectivity index (χ1n) is 7.44. The quantitative estimate of drug-likeness (QED) is 0.486. The number of likely N-dealkylation sites (tertiary alicyclic amines) is 1. The summed E-state index contributed by atoms with van der Waals surface area (Å²) in [4.78, 5) is 36.9. The minimum Gasteiger partial charge on any atom is -0.480 e. The Kier molecular flexibility index (Phi) is 7.44. The number of carboxylic acids is 1. The van der Waals surface area contributed by atoms with Crippen LogP contribution in [0.5, 0.6) is 0 Å². The van der Waals surface area contributed by atoms with E-state index in [-0.39, 0.29) is 44.0 Å². The van der Waals surface area contributed by atoms with E-state index >= 15 is 0 Å². The molecule has 1 aliphatic rings. The van der Waals surface area contributed by atoms with Crippen molar-refractivity contribution in [2.24, 2.45) is 5.73 Å². The van der Waals surface area contributed by atoms with E-state index in [4.69, 9.17) is 16.1 Å². The molecule has 2 atom stereocenters. The molecule has 0 radical (unpaired) electrons. The number of rotatable bonds is 8. The van der Waals surface area contributed by atoms with E-state index in [9.17, 15) is 14.4 Å². The number of nitrogens with one attached hydrogen (secondary N) is 1. The number of nitrogens with two attached hydrogens (primary N) is 1. The number of aliphatic carboxylic acids is 1. The fourth-order valence-corrected chi connectivity index (χ4v) is 2.67. The lowest BCUT2D eigenvalue weighted by Gasteiger charge is -2.39.